The van der Waals surface area contributed by atoms with E-state index < -0.39 is 0 Å². The summed E-state index contributed by atoms with van der Waals surface area (Å²) in [5.74, 6) is 0.859. The number of nitrogens with one attached hydrogen (secondary N) is 1. The summed E-state index contributed by atoms with van der Waals surface area (Å²) < 4.78 is 23.2. The molecule has 0 saturated heterocycles. The SMILES string of the molecule is COc1cccc(C(=O)NCCc2nc(-c3ccc(F)cc3)no2)c1. The van der Waals surface area contributed by atoms with Crippen molar-refractivity contribution in [1.82, 2.24) is 15.5 Å². The Hall–Kier alpha value is -3.22. The molecule has 3 rings (SSSR count). The smallest absolute Gasteiger partial charge is 0.251 e. The summed E-state index contributed by atoms with van der Waals surface area (Å²) in [6, 6.07) is 12.7. The lowest BCUT2D eigenvalue weighted by molar-refractivity contribution is 0.0953. The van der Waals surface area contributed by atoms with Crippen molar-refractivity contribution >= 4 is 5.91 Å². The van der Waals surface area contributed by atoms with Crippen LogP contribution in [0.2, 0.25) is 0 Å². The molecular weight excluding hydrogens is 325 g/mol. The molecule has 2 aromatic carbocycles. The number of methoxy groups -OCH3 is 1. The van der Waals surface area contributed by atoms with Crippen LogP contribution < -0.4 is 10.1 Å². The predicted octanol–water partition coefficient (Wildman–Crippen LogP) is 2.86. The lowest BCUT2D eigenvalue weighted by Crippen LogP contribution is -2.25. The van der Waals surface area contributed by atoms with E-state index in [9.17, 15) is 9.18 Å². The lowest BCUT2D eigenvalue weighted by Gasteiger charge is -2.05. The van der Waals surface area contributed by atoms with Gasteiger partial charge in [-0.1, -0.05) is 11.2 Å². The van der Waals surface area contributed by atoms with Crippen molar-refractivity contribution in [3.8, 4) is 17.1 Å². The van der Waals surface area contributed by atoms with Crippen LogP contribution in [0.4, 0.5) is 4.39 Å². The Kier molecular flexibility index (Phi) is 5.03. The zero-order chi connectivity index (χ0) is 17.6. The molecule has 0 aliphatic heterocycles. The molecule has 0 saturated carbocycles. The maximum absolute atomic E-state index is 12.9. The van der Waals surface area contributed by atoms with Crippen LogP contribution in [0.15, 0.2) is 53.1 Å². The number of ether oxygens (including phenoxy) is 1. The predicted molar refractivity (Wildman–Crippen MR) is 88.7 cm³/mol. The fourth-order valence-electron chi connectivity index (χ4n) is 2.22. The number of halogens is 1. The number of hydrogen-bond acceptors (Lipinski definition) is 5. The summed E-state index contributed by atoms with van der Waals surface area (Å²) in [6.45, 7) is 0.348. The normalized spacial score (nSPS) is 10.5. The zero-order valence-corrected chi connectivity index (χ0v) is 13.5. The molecule has 0 radical (unpaired) electrons. The Morgan fingerprint density at radius 1 is 1.24 bits per heavy atom. The van der Waals surface area contributed by atoms with Crippen LogP contribution in [-0.4, -0.2) is 29.7 Å². The molecule has 3 aromatic rings. The van der Waals surface area contributed by atoms with Crippen LogP contribution in [0.25, 0.3) is 11.4 Å². The average molecular weight is 341 g/mol. The third-order valence-electron chi connectivity index (χ3n) is 3.53. The Morgan fingerprint density at radius 3 is 2.80 bits per heavy atom. The van der Waals surface area contributed by atoms with E-state index in [4.69, 9.17) is 9.26 Å². The van der Waals surface area contributed by atoms with Gasteiger partial charge in [-0.15, -0.1) is 0 Å². The Bertz CT molecular complexity index is 862. The minimum absolute atomic E-state index is 0.211. The van der Waals surface area contributed by atoms with Gasteiger partial charge in [0.25, 0.3) is 5.91 Å². The standard InChI is InChI=1S/C18H16FN3O3/c1-24-15-4-2-3-13(11-15)18(23)20-10-9-16-21-17(22-25-16)12-5-7-14(19)8-6-12/h2-8,11H,9-10H2,1H3,(H,20,23). The van der Waals surface area contributed by atoms with Crippen molar-refractivity contribution in [1.29, 1.82) is 0 Å². The highest BCUT2D eigenvalue weighted by molar-refractivity contribution is 5.94. The highest BCUT2D eigenvalue weighted by Gasteiger charge is 2.10. The van der Waals surface area contributed by atoms with Crippen molar-refractivity contribution in [2.45, 2.75) is 6.42 Å². The third-order valence-corrected chi connectivity index (χ3v) is 3.53. The van der Waals surface area contributed by atoms with Gasteiger partial charge in [-0.2, -0.15) is 4.98 Å². The van der Waals surface area contributed by atoms with Crippen LogP contribution in [0.5, 0.6) is 5.75 Å². The first-order chi connectivity index (χ1) is 12.2. The van der Waals surface area contributed by atoms with Gasteiger partial charge in [0.05, 0.1) is 7.11 Å². The molecule has 25 heavy (non-hydrogen) atoms. The first-order valence-corrected chi connectivity index (χ1v) is 7.66. The minimum Gasteiger partial charge on any atom is -0.497 e. The van der Waals surface area contributed by atoms with Crippen molar-refractivity contribution in [3.05, 3.63) is 65.8 Å². The van der Waals surface area contributed by atoms with E-state index in [-0.39, 0.29) is 11.7 Å². The van der Waals surface area contributed by atoms with Gasteiger partial charge in [-0.25, -0.2) is 4.39 Å². The van der Waals surface area contributed by atoms with Crippen LogP contribution >= 0.6 is 0 Å². The van der Waals surface area contributed by atoms with Gasteiger partial charge in [0.1, 0.15) is 11.6 Å². The second-order valence-corrected chi connectivity index (χ2v) is 5.26. The highest BCUT2D eigenvalue weighted by atomic mass is 19.1. The monoisotopic (exact) mass is 341 g/mol. The molecule has 1 heterocycles. The maximum atomic E-state index is 12.9. The Morgan fingerprint density at radius 2 is 2.04 bits per heavy atom. The molecule has 0 fully saturated rings. The first kappa shape index (κ1) is 16.6. The molecule has 128 valence electrons. The topological polar surface area (TPSA) is 77.2 Å². The van der Waals surface area contributed by atoms with Gasteiger partial charge in [0.15, 0.2) is 0 Å². The summed E-state index contributed by atoms with van der Waals surface area (Å²) in [5.41, 5.74) is 1.17. The van der Waals surface area contributed by atoms with Crippen LogP contribution in [0, 0.1) is 5.82 Å². The lowest BCUT2D eigenvalue weighted by atomic mass is 10.2. The third kappa shape index (κ3) is 4.20. The van der Waals surface area contributed by atoms with Crippen LogP contribution in [0.1, 0.15) is 16.2 Å². The van der Waals surface area contributed by atoms with Crippen molar-refractivity contribution in [3.63, 3.8) is 0 Å². The van der Waals surface area contributed by atoms with E-state index in [1.165, 1.54) is 12.1 Å². The fraction of sp³-hybridized carbons (Fsp3) is 0.167. The minimum atomic E-state index is -0.326. The number of amides is 1. The van der Waals surface area contributed by atoms with Gasteiger partial charge >= 0.3 is 0 Å². The molecule has 0 aliphatic carbocycles. The number of nitrogens with zero attached hydrogens (tertiary/aromatic N) is 2. The van der Waals surface area contributed by atoms with E-state index in [1.54, 1.807) is 43.5 Å². The van der Waals surface area contributed by atoms with Gasteiger partial charge in [0.2, 0.25) is 11.7 Å². The number of carbonyl (C=O) groups is 1. The molecule has 1 N–H and O–H groups in total. The maximum Gasteiger partial charge on any atom is 0.251 e. The van der Waals surface area contributed by atoms with E-state index >= 15 is 0 Å². The molecular formula is C18H16FN3O3. The van der Waals surface area contributed by atoms with E-state index in [1.807, 2.05) is 0 Å². The number of rotatable bonds is 6. The summed E-state index contributed by atoms with van der Waals surface area (Å²) in [5, 5.41) is 6.64. The fourth-order valence-corrected chi connectivity index (χ4v) is 2.22. The van der Waals surface area contributed by atoms with Gasteiger partial charge in [-0.05, 0) is 42.5 Å². The van der Waals surface area contributed by atoms with Gasteiger partial charge in [0, 0.05) is 24.1 Å². The van der Waals surface area contributed by atoms with E-state index in [0.29, 0.717) is 41.6 Å². The van der Waals surface area contributed by atoms with Gasteiger partial charge < -0.3 is 14.6 Å². The summed E-state index contributed by atoms with van der Waals surface area (Å²) >= 11 is 0. The molecule has 1 aromatic heterocycles. The molecule has 0 unspecified atom stereocenters. The molecule has 6 nitrogen and oxygen atoms in total. The summed E-state index contributed by atoms with van der Waals surface area (Å²) in [7, 11) is 1.55. The van der Waals surface area contributed by atoms with Gasteiger partial charge in [-0.3, -0.25) is 4.79 Å². The van der Waals surface area contributed by atoms with Crippen molar-refractivity contribution < 1.29 is 18.4 Å². The number of carbonyl (C=O) groups excluding carboxylic acids is 1. The highest BCUT2D eigenvalue weighted by Crippen LogP contribution is 2.16. The molecule has 0 atom stereocenters. The molecule has 7 heteroatoms. The number of aromatic nitrogens is 2. The number of benzene rings is 2. The van der Waals surface area contributed by atoms with Crippen LogP contribution in [-0.2, 0) is 6.42 Å². The zero-order valence-electron chi connectivity index (χ0n) is 13.5. The van der Waals surface area contributed by atoms with Crippen molar-refractivity contribution in [2.75, 3.05) is 13.7 Å². The Balaban J connectivity index is 1.55. The largest absolute Gasteiger partial charge is 0.497 e. The average Bonchev–Trinajstić information content (AvgIpc) is 3.11. The second-order valence-electron chi connectivity index (χ2n) is 5.26. The molecule has 1 amide bonds. The second kappa shape index (κ2) is 7.57. The summed E-state index contributed by atoms with van der Waals surface area (Å²) in [6.07, 6.45) is 0.393. The quantitative estimate of drug-likeness (QED) is 0.746. The van der Waals surface area contributed by atoms with E-state index in [2.05, 4.69) is 15.5 Å². The number of hydrogen-bond donors (Lipinski definition) is 1. The van der Waals surface area contributed by atoms with E-state index in [0.717, 1.165) is 0 Å². The molecule has 0 bridgehead atoms. The first-order valence-electron chi connectivity index (χ1n) is 7.66. The Labute approximate surface area is 143 Å². The molecule has 0 aliphatic rings. The van der Waals surface area contributed by atoms with Crippen molar-refractivity contribution in [2.24, 2.45) is 0 Å². The summed E-state index contributed by atoms with van der Waals surface area (Å²) in [4.78, 5) is 16.3. The molecule has 0 spiro atoms. The van der Waals surface area contributed by atoms with Crippen LogP contribution in [0.3, 0.4) is 0 Å².